The molecular formula is C7H16NOP. The van der Waals surface area contributed by atoms with Gasteiger partial charge in [0.15, 0.2) is 0 Å². The van der Waals surface area contributed by atoms with Crippen molar-refractivity contribution >= 4 is 7.14 Å². The summed E-state index contributed by atoms with van der Waals surface area (Å²) in [6.07, 6.45) is 0. The first-order valence-corrected chi connectivity index (χ1v) is 6.44. The van der Waals surface area contributed by atoms with Crippen LogP contribution in [0.1, 0.15) is 6.92 Å². The van der Waals surface area contributed by atoms with Crippen LogP contribution in [0.4, 0.5) is 0 Å². The third-order valence-electron chi connectivity index (χ3n) is 2.28. The quantitative estimate of drug-likeness (QED) is 0.586. The summed E-state index contributed by atoms with van der Waals surface area (Å²) in [5, 5.41) is 3.26. The lowest BCUT2D eigenvalue weighted by Gasteiger charge is -2.18. The second kappa shape index (κ2) is 2.67. The van der Waals surface area contributed by atoms with Crippen molar-refractivity contribution in [3.05, 3.63) is 0 Å². The molecule has 2 atom stereocenters. The zero-order valence-electron chi connectivity index (χ0n) is 6.92. The van der Waals surface area contributed by atoms with E-state index in [1.807, 2.05) is 13.3 Å². The molecule has 0 aliphatic carbocycles. The van der Waals surface area contributed by atoms with Crippen molar-refractivity contribution in [3.63, 3.8) is 0 Å². The predicted octanol–water partition coefficient (Wildman–Crippen LogP) is 1.22. The minimum atomic E-state index is -1.83. The SMILES string of the molecule is C[C@H]1CNC[C@H]1P(C)(C)=O. The maximum absolute atomic E-state index is 11.6. The molecule has 0 aromatic heterocycles. The molecule has 3 heteroatoms. The molecule has 0 amide bonds. The van der Waals surface area contributed by atoms with Gasteiger partial charge in [-0.2, -0.15) is 0 Å². The third-order valence-corrected chi connectivity index (χ3v) is 4.56. The van der Waals surface area contributed by atoms with Gasteiger partial charge in [0.25, 0.3) is 0 Å². The fraction of sp³-hybridized carbons (Fsp3) is 1.00. The smallest absolute Gasteiger partial charge is 0.0863 e. The van der Waals surface area contributed by atoms with Gasteiger partial charge in [-0.15, -0.1) is 0 Å². The van der Waals surface area contributed by atoms with Crippen LogP contribution < -0.4 is 5.32 Å². The molecule has 1 aliphatic rings. The van der Waals surface area contributed by atoms with Crippen molar-refractivity contribution in [3.8, 4) is 0 Å². The average molecular weight is 161 g/mol. The molecule has 1 N–H and O–H groups in total. The van der Waals surface area contributed by atoms with Gasteiger partial charge in [-0.1, -0.05) is 6.92 Å². The molecule has 1 rings (SSSR count). The summed E-state index contributed by atoms with van der Waals surface area (Å²) >= 11 is 0. The Morgan fingerprint density at radius 2 is 2.00 bits per heavy atom. The van der Waals surface area contributed by atoms with Gasteiger partial charge in [-0.05, 0) is 25.8 Å². The molecule has 10 heavy (non-hydrogen) atoms. The van der Waals surface area contributed by atoms with Gasteiger partial charge in [-0.3, -0.25) is 0 Å². The highest BCUT2D eigenvalue weighted by Crippen LogP contribution is 2.46. The maximum atomic E-state index is 11.6. The Labute approximate surface area is 62.8 Å². The van der Waals surface area contributed by atoms with Gasteiger partial charge in [0, 0.05) is 12.2 Å². The molecule has 2 nitrogen and oxygen atoms in total. The van der Waals surface area contributed by atoms with Crippen molar-refractivity contribution < 1.29 is 4.57 Å². The highest BCUT2D eigenvalue weighted by Gasteiger charge is 2.32. The normalized spacial score (nSPS) is 34.7. The van der Waals surface area contributed by atoms with Crippen LogP contribution in [0.2, 0.25) is 0 Å². The summed E-state index contributed by atoms with van der Waals surface area (Å²) in [6, 6.07) is 0. The fourth-order valence-electron chi connectivity index (χ4n) is 1.63. The molecule has 1 aliphatic heterocycles. The van der Waals surface area contributed by atoms with Gasteiger partial charge in [-0.25, -0.2) is 0 Å². The largest absolute Gasteiger partial charge is 0.324 e. The van der Waals surface area contributed by atoms with Crippen LogP contribution in [0, 0.1) is 5.92 Å². The summed E-state index contributed by atoms with van der Waals surface area (Å²) in [6.45, 7) is 7.94. The van der Waals surface area contributed by atoms with Crippen LogP contribution in [0.15, 0.2) is 0 Å². The highest BCUT2D eigenvalue weighted by atomic mass is 31.2. The minimum absolute atomic E-state index is 0.424. The summed E-state index contributed by atoms with van der Waals surface area (Å²) < 4.78 is 11.6. The lowest BCUT2D eigenvalue weighted by atomic mass is 10.1. The second-order valence-electron chi connectivity index (χ2n) is 3.64. The first-order chi connectivity index (χ1) is 4.52. The van der Waals surface area contributed by atoms with Crippen molar-refractivity contribution in [2.24, 2.45) is 5.92 Å². The fourth-order valence-corrected chi connectivity index (χ4v) is 3.53. The van der Waals surface area contributed by atoms with E-state index < -0.39 is 7.14 Å². The maximum Gasteiger partial charge on any atom is 0.0863 e. The molecule has 0 spiro atoms. The summed E-state index contributed by atoms with van der Waals surface area (Å²) in [5.41, 5.74) is 0.424. The van der Waals surface area contributed by atoms with E-state index in [9.17, 15) is 4.57 Å². The van der Waals surface area contributed by atoms with E-state index in [0.717, 1.165) is 13.1 Å². The van der Waals surface area contributed by atoms with Crippen LogP contribution in [-0.4, -0.2) is 32.1 Å². The Morgan fingerprint density at radius 1 is 1.40 bits per heavy atom. The Morgan fingerprint density at radius 3 is 2.20 bits per heavy atom. The highest BCUT2D eigenvalue weighted by molar-refractivity contribution is 7.63. The Kier molecular flexibility index (Phi) is 2.21. The first kappa shape index (κ1) is 8.29. The molecule has 60 valence electrons. The zero-order chi connectivity index (χ0) is 7.78. The summed E-state index contributed by atoms with van der Waals surface area (Å²) in [5.74, 6) is 0.598. The third kappa shape index (κ3) is 1.62. The van der Waals surface area contributed by atoms with Gasteiger partial charge in [0.05, 0.1) is 7.14 Å². The molecule has 0 aromatic rings. The van der Waals surface area contributed by atoms with Gasteiger partial charge < -0.3 is 9.88 Å². The average Bonchev–Trinajstić information content (AvgIpc) is 2.11. The van der Waals surface area contributed by atoms with Gasteiger partial charge in [0.1, 0.15) is 0 Å². The van der Waals surface area contributed by atoms with Gasteiger partial charge in [0.2, 0.25) is 0 Å². The molecular weight excluding hydrogens is 145 g/mol. The standard InChI is InChI=1S/C7H16NOP/c1-6-4-8-5-7(6)10(2,3)9/h6-8H,4-5H2,1-3H3/t6-,7+/m0/s1. The Hall–Kier alpha value is 0.190. The number of nitrogens with one attached hydrogen (secondary N) is 1. The van der Waals surface area contributed by atoms with E-state index in [-0.39, 0.29) is 0 Å². The Bertz CT molecular complexity index is 163. The number of hydrogen-bond donors (Lipinski definition) is 1. The van der Waals surface area contributed by atoms with Crippen LogP contribution in [-0.2, 0) is 4.57 Å². The lowest BCUT2D eigenvalue weighted by Crippen LogP contribution is -2.15. The predicted molar refractivity (Wildman–Crippen MR) is 45.3 cm³/mol. The zero-order valence-corrected chi connectivity index (χ0v) is 7.82. The van der Waals surface area contributed by atoms with Crippen molar-refractivity contribution in [2.75, 3.05) is 26.4 Å². The molecule has 1 saturated heterocycles. The molecule has 1 heterocycles. The molecule has 0 radical (unpaired) electrons. The van der Waals surface area contributed by atoms with E-state index in [0.29, 0.717) is 11.6 Å². The van der Waals surface area contributed by atoms with Crippen LogP contribution in [0.3, 0.4) is 0 Å². The lowest BCUT2D eigenvalue weighted by molar-refractivity contribution is 0.557. The van der Waals surface area contributed by atoms with Crippen LogP contribution >= 0.6 is 7.14 Å². The number of rotatable bonds is 1. The number of hydrogen-bond acceptors (Lipinski definition) is 2. The van der Waals surface area contributed by atoms with E-state index in [2.05, 4.69) is 12.2 Å². The van der Waals surface area contributed by atoms with E-state index in [1.54, 1.807) is 0 Å². The second-order valence-corrected chi connectivity index (χ2v) is 7.17. The minimum Gasteiger partial charge on any atom is -0.324 e. The molecule has 0 unspecified atom stereocenters. The van der Waals surface area contributed by atoms with Crippen molar-refractivity contribution in [2.45, 2.75) is 12.6 Å². The van der Waals surface area contributed by atoms with Crippen molar-refractivity contribution in [1.82, 2.24) is 5.32 Å². The topological polar surface area (TPSA) is 29.1 Å². The van der Waals surface area contributed by atoms with E-state index in [1.165, 1.54) is 0 Å². The van der Waals surface area contributed by atoms with Crippen LogP contribution in [0.25, 0.3) is 0 Å². The summed E-state index contributed by atoms with van der Waals surface area (Å²) in [7, 11) is -1.83. The monoisotopic (exact) mass is 161 g/mol. The van der Waals surface area contributed by atoms with Gasteiger partial charge >= 0.3 is 0 Å². The van der Waals surface area contributed by atoms with Crippen LogP contribution in [0.5, 0.6) is 0 Å². The van der Waals surface area contributed by atoms with Crippen molar-refractivity contribution in [1.29, 1.82) is 0 Å². The first-order valence-electron chi connectivity index (χ1n) is 3.77. The van der Waals surface area contributed by atoms with E-state index in [4.69, 9.17) is 0 Å². The molecule has 1 fully saturated rings. The summed E-state index contributed by atoms with van der Waals surface area (Å²) in [4.78, 5) is 0. The Balaban J connectivity index is 2.64. The molecule has 0 bridgehead atoms. The molecule has 0 aromatic carbocycles. The van der Waals surface area contributed by atoms with E-state index >= 15 is 0 Å². The molecule has 0 saturated carbocycles.